The molecule has 0 aromatic heterocycles. The predicted octanol–water partition coefficient (Wildman–Crippen LogP) is 0.0303. The van der Waals surface area contributed by atoms with Crippen LogP contribution in [0.5, 0.6) is 0 Å². The van der Waals surface area contributed by atoms with E-state index in [-0.39, 0.29) is 11.8 Å². The molecule has 0 radical (unpaired) electrons. The zero-order chi connectivity index (χ0) is 11.1. The lowest BCUT2D eigenvalue weighted by atomic mass is 9.78. The third-order valence-corrected chi connectivity index (χ3v) is 4.44. The van der Waals surface area contributed by atoms with Crippen molar-refractivity contribution in [1.29, 1.82) is 0 Å². The molecule has 0 atom stereocenters. The predicted molar refractivity (Wildman–Crippen MR) is 61.9 cm³/mol. The monoisotopic (exact) mass is 223 g/mol. The molecule has 0 spiro atoms. The molecule has 3 fully saturated rings. The lowest BCUT2D eigenvalue weighted by Gasteiger charge is -2.45. The molecule has 0 aromatic rings. The SMILES string of the molecule is NC(=O)C1CC(N2CCN(C3CC3)CC2)C1. The largest absolute Gasteiger partial charge is 0.369 e. The summed E-state index contributed by atoms with van der Waals surface area (Å²) in [6.45, 7) is 4.82. The van der Waals surface area contributed by atoms with Gasteiger partial charge < -0.3 is 5.73 Å². The normalized spacial score (nSPS) is 37.0. The molecule has 2 aliphatic carbocycles. The van der Waals surface area contributed by atoms with E-state index in [4.69, 9.17) is 5.73 Å². The van der Waals surface area contributed by atoms with Crippen molar-refractivity contribution < 1.29 is 4.79 Å². The molecule has 0 bridgehead atoms. The number of hydrogen-bond donors (Lipinski definition) is 1. The smallest absolute Gasteiger partial charge is 0.220 e. The van der Waals surface area contributed by atoms with Crippen LogP contribution in [0.25, 0.3) is 0 Å². The minimum Gasteiger partial charge on any atom is -0.369 e. The molecule has 16 heavy (non-hydrogen) atoms. The second kappa shape index (κ2) is 4.00. The van der Waals surface area contributed by atoms with Gasteiger partial charge in [-0.1, -0.05) is 0 Å². The minimum atomic E-state index is -0.104. The van der Waals surface area contributed by atoms with E-state index in [1.54, 1.807) is 0 Å². The van der Waals surface area contributed by atoms with Crippen LogP contribution in [0, 0.1) is 5.92 Å². The number of carbonyl (C=O) groups excluding carboxylic acids is 1. The van der Waals surface area contributed by atoms with Crippen molar-refractivity contribution >= 4 is 5.91 Å². The standard InChI is InChI=1S/C12H21N3O/c13-12(16)9-7-11(8-9)15-5-3-14(4-6-15)10-1-2-10/h9-11H,1-8H2,(H2,13,16). The van der Waals surface area contributed by atoms with E-state index in [1.165, 1.54) is 39.0 Å². The molecule has 3 rings (SSSR count). The van der Waals surface area contributed by atoms with Gasteiger partial charge in [-0.25, -0.2) is 0 Å². The summed E-state index contributed by atoms with van der Waals surface area (Å²) in [5, 5.41) is 0. The Morgan fingerprint density at radius 3 is 1.88 bits per heavy atom. The maximum absolute atomic E-state index is 11.0. The molecule has 4 nitrogen and oxygen atoms in total. The van der Waals surface area contributed by atoms with Gasteiger partial charge in [-0.05, 0) is 25.7 Å². The fraction of sp³-hybridized carbons (Fsp3) is 0.917. The number of piperazine rings is 1. The van der Waals surface area contributed by atoms with E-state index < -0.39 is 0 Å². The highest BCUT2D eigenvalue weighted by atomic mass is 16.1. The van der Waals surface area contributed by atoms with Crippen LogP contribution in [-0.4, -0.2) is 54.0 Å². The number of carbonyl (C=O) groups is 1. The van der Waals surface area contributed by atoms with Gasteiger partial charge in [0.25, 0.3) is 0 Å². The molecule has 1 amide bonds. The fourth-order valence-electron chi connectivity index (χ4n) is 3.03. The molecule has 1 saturated heterocycles. The Kier molecular flexibility index (Phi) is 2.64. The molecule has 3 aliphatic rings. The molecule has 2 saturated carbocycles. The highest BCUT2D eigenvalue weighted by Crippen LogP contribution is 2.33. The Bertz CT molecular complexity index is 276. The van der Waals surface area contributed by atoms with E-state index in [2.05, 4.69) is 9.80 Å². The third-order valence-electron chi connectivity index (χ3n) is 4.44. The fourth-order valence-corrected chi connectivity index (χ4v) is 3.03. The summed E-state index contributed by atoms with van der Waals surface area (Å²) in [6, 6.07) is 1.54. The topological polar surface area (TPSA) is 49.6 Å². The molecule has 2 N–H and O–H groups in total. The molecule has 1 heterocycles. The molecule has 0 unspecified atom stereocenters. The van der Waals surface area contributed by atoms with E-state index >= 15 is 0 Å². The van der Waals surface area contributed by atoms with Crippen LogP contribution in [0.15, 0.2) is 0 Å². The van der Waals surface area contributed by atoms with E-state index in [1.807, 2.05) is 0 Å². The lowest BCUT2D eigenvalue weighted by molar-refractivity contribution is -0.126. The number of primary amides is 1. The van der Waals surface area contributed by atoms with Gasteiger partial charge >= 0.3 is 0 Å². The first-order valence-corrected chi connectivity index (χ1v) is 6.51. The number of hydrogen-bond acceptors (Lipinski definition) is 3. The van der Waals surface area contributed by atoms with Crippen molar-refractivity contribution in [2.24, 2.45) is 11.7 Å². The number of rotatable bonds is 3. The summed E-state index contributed by atoms with van der Waals surface area (Å²) in [5.41, 5.74) is 5.29. The Balaban J connectivity index is 1.43. The van der Waals surface area contributed by atoms with Gasteiger partial charge in [0.1, 0.15) is 0 Å². The first-order valence-electron chi connectivity index (χ1n) is 6.51. The summed E-state index contributed by atoms with van der Waals surface area (Å²) in [6.07, 6.45) is 4.82. The van der Waals surface area contributed by atoms with Gasteiger partial charge in [0, 0.05) is 44.2 Å². The first-order chi connectivity index (χ1) is 7.74. The van der Waals surface area contributed by atoms with Gasteiger partial charge in [-0.15, -0.1) is 0 Å². The van der Waals surface area contributed by atoms with Crippen LogP contribution in [0.4, 0.5) is 0 Å². The van der Waals surface area contributed by atoms with Crippen LogP contribution >= 0.6 is 0 Å². The number of nitrogens with zero attached hydrogens (tertiary/aromatic N) is 2. The quantitative estimate of drug-likeness (QED) is 0.734. The molecular weight excluding hydrogens is 202 g/mol. The Morgan fingerprint density at radius 1 is 0.938 bits per heavy atom. The van der Waals surface area contributed by atoms with E-state index in [9.17, 15) is 4.79 Å². The van der Waals surface area contributed by atoms with E-state index in [0.717, 1.165) is 18.9 Å². The molecule has 0 aromatic carbocycles. The second-order valence-electron chi connectivity index (χ2n) is 5.53. The van der Waals surface area contributed by atoms with Crippen molar-refractivity contribution in [2.75, 3.05) is 26.2 Å². The van der Waals surface area contributed by atoms with Gasteiger partial charge in [0.15, 0.2) is 0 Å². The summed E-state index contributed by atoms with van der Waals surface area (Å²) in [4.78, 5) is 16.1. The Hall–Kier alpha value is -0.610. The Labute approximate surface area is 96.8 Å². The van der Waals surface area contributed by atoms with Crippen LogP contribution in [-0.2, 0) is 4.79 Å². The number of nitrogens with two attached hydrogens (primary N) is 1. The average molecular weight is 223 g/mol. The highest BCUT2D eigenvalue weighted by molar-refractivity contribution is 5.77. The van der Waals surface area contributed by atoms with Gasteiger partial charge in [-0.2, -0.15) is 0 Å². The van der Waals surface area contributed by atoms with Crippen molar-refractivity contribution in [3.8, 4) is 0 Å². The second-order valence-corrected chi connectivity index (χ2v) is 5.53. The summed E-state index contributed by atoms with van der Waals surface area (Å²) < 4.78 is 0. The van der Waals surface area contributed by atoms with Crippen LogP contribution in [0.3, 0.4) is 0 Å². The van der Waals surface area contributed by atoms with Crippen molar-refractivity contribution in [3.05, 3.63) is 0 Å². The summed E-state index contributed by atoms with van der Waals surface area (Å²) in [7, 11) is 0. The summed E-state index contributed by atoms with van der Waals surface area (Å²) >= 11 is 0. The summed E-state index contributed by atoms with van der Waals surface area (Å²) in [5.74, 6) is 0.0549. The first kappa shape index (κ1) is 10.5. The van der Waals surface area contributed by atoms with Crippen LogP contribution < -0.4 is 5.73 Å². The average Bonchev–Trinajstić information content (AvgIpc) is 2.99. The van der Waals surface area contributed by atoms with Crippen LogP contribution in [0.1, 0.15) is 25.7 Å². The number of amides is 1. The lowest BCUT2D eigenvalue weighted by Crippen LogP contribution is -2.55. The van der Waals surface area contributed by atoms with E-state index in [0.29, 0.717) is 6.04 Å². The molecular formula is C12H21N3O. The van der Waals surface area contributed by atoms with Gasteiger partial charge in [0.05, 0.1) is 0 Å². The maximum Gasteiger partial charge on any atom is 0.220 e. The molecule has 4 heteroatoms. The minimum absolute atomic E-state index is 0.104. The van der Waals surface area contributed by atoms with Gasteiger partial charge in [0.2, 0.25) is 5.91 Å². The van der Waals surface area contributed by atoms with Crippen LogP contribution in [0.2, 0.25) is 0 Å². The Morgan fingerprint density at radius 2 is 1.44 bits per heavy atom. The zero-order valence-electron chi connectivity index (χ0n) is 9.77. The highest BCUT2D eigenvalue weighted by Gasteiger charge is 2.39. The maximum atomic E-state index is 11.0. The molecule has 1 aliphatic heterocycles. The zero-order valence-corrected chi connectivity index (χ0v) is 9.77. The third kappa shape index (κ3) is 1.96. The van der Waals surface area contributed by atoms with Crippen molar-refractivity contribution in [3.63, 3.8) is 0 Å². The van der Waals surface area contributed by atoms with Crippen molar-refractivity contribution in [1.82, 2.24) is 9.80 Å². The van der Waals surface area contributed by atoms with Gasteiger partial charge in [-0.3, -0.25) is 14.6 Å². The van der Waals surface area contributed by atoms with Crippen molar-refractivity contribution in [2.45, 2.75) is 37.8 Å². The molecule has 90 valence electrons.